The Kier molecular flexibility index (Phi) is 8.19. The van der Waals surface area contributed by atoms with Gasteiger partial charge in [0.2, 0.25) is 11.8 Å². The summed E-state index contributed by atoms with van der Waals surface area (Å²) in [5.41, 5.74) is 1.82. The molecule has 5 rings (SSSR count). The Bertz CT molecular complexity index is 1600. The Labute approximate surface area is 244 Å². The summed E-state index contributed by atoms with van der Waals surface area (Å²) in [5.74, 6) is 1.24. The molecule has 1 atom stereocenters. The Morgan fingerprint density at radius 1 is 1.00 bits per heavy atom. The van der Waals surface area contributed by atoms with Gasteiger partial charge < -0.3 is 24.3 Å². The van der Waals surface area contributed by atoms with Crippen LogP contribution < -0.4 is 29.2 Å². The van der Waals surface area contributed by atoms with Crippen molar-refractivity contribution in [3.8, 4) is 23.0 Å². The van der Waals surface area contributed by atoms with Crippen molar-refractivity contribution in [2.24, 2.45) is 0 Å². The van der Waals surface area contributed by atoms with Crippen LogP contribution in [0.3, 0.4) is 0 Å². The van der Waals surface area contributed by atoms with Crippen molar-refractivity contribution in [3.05, 3.63) is 66.2 Å². The zero-order chi connectivity index (χ0) is 29.9. The summed E-state index contributed by atoms with van der Waals surface area (Å²) in [4.78, 5) is 30.1. The van der Waals surface area contributed by atoms with Crippen LogP contribution in [0.15, 0.2) is 60.7 Å². The second-order valence-electron chi connectivity index (χ2n) is 10.6. The minimum absolute atomic E-state index is 0.163. The molecular weight excluding hydrogens is 538 g/mol. The molecule has 1 N–H and O–H groups in total. The van der Waals surface area contributed by atoms with Crippen LogP contribution in [0.1, 0.15) is 38.8 Å². The van der Waals surface area contributed by atoms with E-state index in [2.05, 4.69) is 15.6 Å². The number of aromatic nitrogens is 3. The number of benzene rings is 3. The predicted octanol–water partition coefficient (Wildman–Crippen LogP) is 4.30. The minimum Gasteiger partial charge on any atom is -0.493 e. The molecule has 2 heterocycles. The van der Waals surface area contributed by atoms with E-state index in [-0.39, 0.29) is 18.4 Å². The average molecular weight is 574 g/mol. The lowest BCUT2D eigenvalue weighted by Crippen LogP contribution is -2.51. The number of fused-ring (bicyclic) bond motifs is 2. The molecule has 11 nitrogen and oxygen atoms in total. The molecule has 1 unspecified atom stereocenters. The average Bonchev–Trinajstić information content (AvgIpc) is 3.41. The SMILES string of the molecule is CCC(C)(C)NC(=O)C(c1ccc(OC)c(OC)c1)N(C(=O)Cn1nnc2ccccc21)c1ccc2c(c1)OCCO2. The van der Waals surface area contributed by atoms with E-state index in [1.54, 1.807) is 43.5 Å². The van der Waals surface area contributed by atoms with Crippen LogP contribution in [-0.2, 0) is 16.1 Å². The Hall–Kier alpha value is -4.80. The first-order valence-corrected chi connectivity index (χ1v) is 13.8. The van der Waals surface area contributed by atoms with Gasteiger partial charge in [-0.1, -0.05) is 30.3 Å². The zero-order valence-electron chi connectivity index (χ0n) is 24.4. The number of nitrogens with zero attached hydrogens (tertiary/aromatic N) is 4. The maximum atomic E-state index is 14.4. The first kappa shape index (κ1) is 28.7. The van der Waals surface area contributed by atoms with Crippen LogP contribution in [0, 0.1) is 0 Å². The second kappa shape index (κ2) is 12.0. The van der Waals surface area contributed by atoms with Gasteiger partial charge in [-0.15, -0.1) is 5.10 Å². The Morgan fingerprint density at radius 2 is 1.74 bits per heavy atom. The standard InChI is InChI=1S/C31H35N5O6/c1-6-31(2,3)32-30(38)29(20-11-13-24(39-4)26(17-20)40-5)36(21-12-14-25-27(18-21)42-16-15-41-25)28(37)19-35-23-10-8-7-9-22(23)33-34-35/h7-14,17-18,29H,6,15-16,19H2,1-5H3,(H,32,38). The fourth-order valence-corrected chi connectivity index (χ4v) is 4.79. The number of carbonyl (C=O) groups excluding carboxylic acids is 2. The summed E-state index contributed by atoms with van der Waals surface area (Å²) in [6, 6.07) is 16.7. The fraction of sp³-hybridized carbons (Fsp3) is 0.355. The van der Waals surface area contributed by atoms with E-state index in [4.69, 9.17) is 18.9 Å². The number of ether oxygens (including phenoxy) is 4. The number of nitrogens with one attached hydrogen (secondary N) is 1. The largest absolute Gasteiger partial charge is 0.493 e. The number of hydrogen-bond donors (Lipinski definition) is 1. The normalized spacial score (nSPS) is 13.4. The van der Waals surface area contributed by atoms with Crippen LogP contribution in [-0.4, -0.2) is 59.8 Å². The van der Waals surface area contributed by atoms with E-state index in [0.29, 0.717) is 64.9 Å². The van der Waals surface area contributed by atoms with Gasteiger partial charge >= 0.3 is 0 Å². The molecule has 0 spiro atoms. The second-order valence-corrected chi connectivity index (χ2v) is 10.6. The van der Waals surface area contributed by atoms with Crippen molar-refractivity contribution in [2.45, 2.75) is 45.3 Å². The van der Waals surface area contributed by atoms with Gasteiger partial charge in [0.05, 0.1) is 19.7 Å². The van der Waals surface area contributed by atoms with Gasteiger partial charge in [-0.2, -0.15) is 0 Å². The molecule has 11 heteroatoms. The minimum atomic E-state index is -1.08. The summed E-state index contributed by atoms with van der Waals surface area (Å²) in [5, 5.41) is 11.5. The third kappa shape index (κ3) is 5.81. The number of hydrogen-bond acceptors (Lipinski definition) is 8. The van der Waals surface area contributed by atoms with E-state index < -0.39 is 11.6 Å². The van der Waals surface area contributed by atoms with E-state index in [1.165, 1.54) is 16.7 Å². The predicted molar refractivity (Wildman–Crippen MR) is 157 cm³/mol. The highest BCUT2D eigenvalue weighted by atomic mass is 16.6. The molecule has 0 aliphatic carbocycles. The summed E-state index contributed by atoms with van der Waals surface area (Å²) in [6.07, 6.45) is 0.681. The maximum Gasteiger partial charge on any atom is 0.249 e. The van der Waals surface area contributed by atoms with Gasteiger partial charge in [-0.05, 0) is 62.2 Å². The van der Waals surface area contributed by atoms with E-state index in [9.17, 15) is 9.59 Å². The van der Waals surface area contributed by atoms with Gasteiger partial charge in [0.25, 0.3) is 0 Å². The zero-order valence-corrected chi connectivity index (χ0v) is 24.4. The quantitative estimate of drug-likeness (QED) is 0.299. The molecular formula is C31H35N5O6. The fourth-order valence-electron chi connectivity index (χ4n) is 4.79. The number of anilines is 1. The Balaban J connectivity index is 1.66. The lowest BCUT2D eigenvalue weighted by Gasteiger charge is -2.35. The highest BCUT2D eigenvalue weighted by Gasteiger charge is 2.36. The molecule has 1 aliphatic heterocycles. The monoisotopic (exact) mass is 573 g/mol. The molecule has 0 saturated carbocycles. The van der Waals surface area contributed by atoms with Crippen LogP contribution in [0.5, 0.6) is 23.0 Å². The summed E-state index contributed by atoms with van der Waals surface area (Å²) >= 11 is 0. The lowest BCUT2D eigenvalue weighted by molar-refractivity contribution is -0.128. The number of carbonyl (C=O) groups is 2. The molecule has 0 saturated heterocycles. The van der Waals surface area contributed by atoms with Gasteiger partial charge in [-0.25, -0.2) is 4.68 Å². The molecule has 1 aliphatic rings. The summed E-state index contributed by atoms with van der Waals surface area (Å²) in [6.45, 7) is 6.51. The number of amides is 2. The highest BCUT2D eigenvalue weighted by Crippen LogP contribution is 2.39. The van der Waals surface area contributed by atoms with Crippen molar-refractivity contribution in [1.29, 1.82) is 0 Å². The topological polar surface area (TPSA) is 117 Å². The Morgan fingerprint density at radius 3 is 2.48 bits per heavy atom. The molecule has 42 heavy (non-hydrogen) atoms. The summed E-state index contributed by atoms with van der Waals surface area (Å²) in [7, 11) is 3.06. The van der Waals surface area contributed by atoms with Crippen LogP contribution in [0.25, 0.3) is 11.0 Å². The van der Waals surface area contributed by atoms with Crippen molar-refractivity contribution in [2.75, 3.05) is 32.3 Å². The lowest BCUT2D eigenvalue weighted by atomic mass is 9.97. The third-order valence-electron chi connectivity index (χ3n) is 7.35. The van der Waals surface area contributed by atoms with Gasteiger partial charge in [-0.3, -0.25) is 14.5 Å². The van der Waals surface area contributed by atoms with Gasteiger partial charge in [0, 0.05) is 17.3 Å². The van der Waals surface area contributed by atoms with E-state index in [0.717, 1.165) is 0 Å². The third-order valence-corrected chi connectivity index (χ3v) is 7.35. The number of para-hydroxylation sites is 1. The van der Waals surface area contributed by atoms with E-state index >= 15 is 0 Å². The van der Waals surface area contributed by atoms with Crippen molar-refractivity contribution in [1.82, 2.24) is 20.3 Å². The first-order valence-electron chi connectivity index (χ1n) is 13.8. The number of methoxy groups -OCH3 is 2. The molecule has 0 radical (unpaired) electrons. The van der Waals surface area contributed by atoms with Gasteiger partial charge in [0.1, 0.15) is 31.3 Å². The van der Waals surface area contributed by atoms with Crippen molar-refractivity contribution in [3.63, 3.8) is 0 Å². The van der Waals surface area contributed by atoms with Crippen LogP contribution >= 0.6 is 0 Å². The highest BCUT2D eigenvalue weighted by molar-refractivity contribution is 6.02. The first-order chi connectivity index (χ1) is 20.2. The number of rotatable bonds is 10. The van der Waals surface area contributed by atoms with E-state index in [1.807, 2.05) is 45.0 Å². The van der Waals surface area contributed by atoms with Crippen molar-refractivity contribution < 1.29 is 28.5 Å². The van der Waals surface area contributed by atoms with Crippen LogP contribution in [0.4, 0.5) is 5.69 Å². The molecule has 0 fully saturated rings. The smallest absolute Gasteiger partial charge is 0.249 e. The molecule has 0 bridgehead atoms. The van der Waals surface area contributed by atoms with Gasteiger partial charge in [0.15, 0.2) is 23.0 Å². The van der Waals surface area contributed by atoms with Crippen LogP contribution in [0.2, 0.25) is 0 Å². The maximum absolute atomic E-state index is 14.4. The molecule has 3 aromatic carbocycles. The summed E-state index contributed by atoms with van der Waals surface area (Å²) < 4.78 is 24.1. The molecule has 2 amide bonds. The van der Waals surface area contributed by atoms with Crippen molar-refractivity contribution >= 4 is 28.5 Å². The molecule has 4 aromatic rings. The molecule has 220 valence electrons. The molecule has 1 aromatic heterocycles.